The van der Waals surface area contributed by atoms with E-state index in [1.54, 1.807) is 32.0 Å². The van der Waals surface area contributed by atoms with E-state index in [1.165, 1.54) is 31.4 Å². The molecule has 0 aliphatic carbocycles. The Hall–Kier alpha value is -5.36. The van der Waals surface area contributed by atoms with Crippen molar-refractivity contribution < 1.29 is 33.9 Å². The van der Waals surface area contributed by atoms with Crippen LogP contribution in [0.2, 0.25) is 0 Å². The number of carbonyl (C=O) groups is 3. The number of ether oxygens (including phenoxy) is 2. The molecule has 0 spiro atoms. The monoisotopic (exact) mass is 599 g/mol. The number of carbonyl (C=O) groups excluding carboxylic acids is 3. The minimum atomic E-state index is -1.19. The number of aliphatic hydroxyl groups is 1. The molecule has 1 unspecified atom stereocenters. The quantitative estimate of drug-likeness (QED) is 0.0676. The number of hydrogen-bond acceptors (Lipinski definition) is 10. The molecular formula is C31H25N3O8S. The van der Waals surface area contributed by atoms with Crippen LogP contribution in [0.3, 0.4) is 0 Å². The Balaban J connectivity index is 1.59. The molecule has 1 saturated heterocycles. The maximum atomic E-state index is 13.5. The van der Waals surface area contributed by atoms with E-state index < -0.39 is 34.4 Å². The lowest BCUT2D eigenvalue weighted by Crippen LogP contribution is -2.29. The van der Waals surface area contributed by atoms with Crippen molar-refractivity contribution in [3.05, 3.63) is 121 Å². The Morgan fingerprint density at radius 2 is 1.77 bits per heavy atom. The fourth-order valence-corrected chi connectivity index (χ4v) is 5.75. The van der Waals surface area contributed by atoms with Gasteiger partial charge in [0.1, 0.15) is 23.0 Å². The number of nitro groups is 1. The van der Waals surface area contributed by atoms with Gasteiger partial charge in [-0.15, -0.1) is 0 Å². The maximum absolute atomic E-state index is 13.5. The molecule has 43 heavy (non-hydrogen) atoms. The van der Waals surface area contributed by atoms with E-state index in [-0.39, 0.29) is 32.5 Å². The number of methoxy groups -OCH3 is 1. The van der Waals surface area contributed by atoms with Gasteiger partial charge in [0.05, 0.1) is 29.3 Å². The van der Waals surface area contributed by atoms with Crippen LogP contribution >= 0.6 is 11.3 Å². The fourth-order valence-electron chi connectivity index (χ4n) is 4.74. The zero-order valence-corrected chi connectivity index (χ0v) is 24.1. The van der Waals surface area contributed by atoms with Gasteiger partial charge in [-0.3, -0.25) is 24.6 Å². The first-order chi connectivity index (χ1) is 20.6. The van der Waals surface area contributed by atoms with Gasteiger partial charge < -0.3 is 14.6 Å². The molecule has 3 aromatic carbocycles. The molecule has 1 aromatic heterocycles. The van der Waals surface area contributed by atoms with Crippen molar-refractivity contribution in [1.29, 1.82) is 0 Å². The summed E-state index contributed by atoms with van der Waals surface area (Å²) in [5.41, 5.74) is 2.10. The number of esters is 1. The molecule has 1 aliphatic heterocycles. The molecule has 218 valence electrons. The second-order valence-corrected chi connectivity index (χ2v) is 10.7. The molecular weight excluding hydrogens is 574 g/mol. The van der Waals surface area contributed by atoms with Crippen molar-refractivity contribution in [1.82, 2.24) is 4.98 Å². The van der Waals surface area contributed by atoms with E-state index in [2.05, 4.69) is 4.98 Å². The third-order valence-electron chi connectivity index (χ3n) is 6.91. The Bertz CT molecular complexity index is 1780. The van der Waals surface area contributed by atoms with Crippen LogP contribution in [0.15, 0.2) is 78.4 Å². The van der Waals surface area contributed by atoms with Crippen LogP contribution in [0, 0.1) is 24.0 Å². The molecule has 5 rings (SSSR count). The van der Waals surface area contributed by atoms with Crippen LogP contribution in [-0.2, 0) is 20.9 Å². The Kier molecular flexibility index (Phi) is 8.04. The van der Waals surface area contributed by atoms with Crippen LogP contribution in [0.1, 0.15) is 43.7 Å². The predicted octanol–water partition coefficient (Wildman–Crippen LogP) is 5.66. The fraction of sp³-hybridized carbons (Fsp3) is 0.161. The van der Waals surface area contributed by atoms with Gasteiger partial charge in [0.2, 0.25) is 0 Å². The summed E-state index contributed by atoms with van der Waals surface area (Å²) in [7, 11) is 1.21. The van der Waals surface area contributed by atoms with Crippen molar-refractivity contribution in [3.63, 3.8) is 0 Å². The smallest absolute Gasteiger partial charge is 0.350 e. The summed E-state index contributed by atoms with van der Waals surface area (Å²) in [5, 5.41) is 22.8. The second-order valence-electron chi connectivity index (χ2n) is 9.67. The van der Waals surface area contributed by atoms with Crippen molar-refractivity contribution in [3.8, 4) is 5.75 Å². The van der Waals surface area contributed by atoms with E-state index >= 15 is 0 Å². The summed E-state index contributed by atoms with van der Waals surface area (Å²) in [6, 6.07) is 18.6. The van der Waals surface area contributed by atoms with Gasteiger partial charge in [-0.05, 0) is 60.9 Å². The number of ketones is 1. The van der Waals surface area contributed by atoms with E-state index in [1.807, 2.05) is 30.3 Å². The number of benzene rings is 3. The number of rotatable bonds is 8. The number of non-ortho nitro benzene ring substituents is 1. The molecule has 0 bridgehead atoms. The van der Waals surface area contributed by atoms with Crippen molar-refractivity contribution in [2.45, 2.75) is 26.5 Å². The first kappa shape index (κ1) is 29.1. The van der Waals surface area contributed by atoms with Gasteiger partial charge in [-0.25, -0.2) is 9.78 Å². The third kappa shape index (κ3) is 5.60. The number of thiazole rings is 1. The van der Waals surface area contributed by atoms with Crippen LogP contribution in [0.5, 0.6) is 5.75 Å². The lowest BCUT2D eigenvalue weighted by atomic mass is 9.94. The van der Waals surface area contributed by atoms with Crippen LogP contribution < -0.4 is 9.64 Å². The molecule has 12 heteroatoms. The molecule has 2 heterocycles. The lowest BCUT2D eigenvalue weighted by Gasteiger charge is -2.23. The largest absolute Gasteiger partial charge is 0.507 e. The zero-order valence-electron chi connectivity index (χ0n) is 23.3. The number of aromatic nitrogens is 1. The highest BCUT2D eigenvalue weighted by Gasteiger charge is 2.48. The average molecular weight is 600 g/mol. The normalized spacial score (nSPS) is 15.9. The number of aliphatic hydroxyl groups excluding tert-OH is 1. The van der Waals surface area contributed by atoms with Gasteiger partial charge in [0.25, 0.3) is 11.5 Å². The predicted molar refractivity (Wildman–Crippen MR) is 158 cm³/mol. The molecule has 1 amide bonds. The van der Waals surface area contributed by atoms with Gasteiger partial charge in [0.15, 0.2) is 5.13 Å². The SMILES string of the molecule is COC(=O)c1sc(N2C(=O)C(=O)C(=C(O)c3ccc(OCc4ccccc4)c(C)c3)C2c2ccc([N+](=O)[O-])cc2)nc1C. The number of amides is 1. The van der Waals surface area contributed by atoms with Crippen LogP contribution in [0.25, 0.3) is 5.76 Å². The first-order valence-corrected chi connectivity index (χ1v) is 13.8. The summed E-state index contributed by atoms with van der Waals surface area (Å²) >= 11 is 0.858. The standard InChI is InChI=1S/C31H25N3O8S/c1-17-15-21(11-14-23(17)42-16-19-7-5-4-6-8-19)26(35)24-25(20-9-12-22(13-10-20)34(39)40)33(29(37)27(24)36)31-32-18(2)28(43-31)30(38)41-3/h4-15,25,35H,16H2,1-3H3. The summed E-state index contributed by atoms with van der Waals surface area (Å²) < 4.78 is 10.7. The van der Waals surface area contributed by atoms with Gasteiger partial charge in [-0.1, -0.05) is 41.7 Å². The highest BCUT2D eigenvalue weighted by atomic mass is 32.1. The van der Waals surface area contributed by atoms with E-state index in [4.69, 9.17) is 9.47 Å². The van der Waals surface area contributed by atoms with E-state index in [0.29, 0.717) is 23.5 Å². The molecule has 1 fully saturated rings. The van der Waals surface area contributed by atoms with Crippen LogP contribution in [0.4, 0.5) is 10.8 Å². The zero-order chi connectivity index (χ0) is 30.8. The number of nitrogens with zero attached hydrogens (tertiary/aromatic N) is 3. The summed E-state index contributed by atoms with van der Waals surface area (Å²) in [6.45, 7) is 3.68. The van der Waals surface area contributed by atoms with Crippen molar-refractivity contribution >= 4 is 45.6 Å². The maximum Gasteiger partial charge on any atom is 0.350 e. The second kappa shape index (κ2) is 11.9. The Morgan fingerprint density at radius 1 is 1.07 bits per heavy atom. The third-order valence-corrected chi connectivity index (χ3v) is 8.05. The number of aryl methyl sites for hydroxylation is 2. The number of nitro benzene ring substituents is 1. The van der Waals surface area contributed by atoms with Crippen molar-refractivity contribution in [2.24, 2.45) is 0 Å². The Labute approximate surface area is 249 Å². The number of Topliss-reactive ketones (excluding diaryl/α,β-unsaturated/α-hetero) is 1. The van der Waals surface area contributed by atoms with Gasteiger partial charge in [-0.2, -0.15) is 0 Å². The minimum absolute atomic E-state index is 0.0308. The van der Waals surface area contributed by atoms with E-state index in [0.717, 1.165) is 21.8 Å². The first-order valence-electron chi connectivity index (χ1n) is 13.0. The molecule has 11 nitrogen and oxygen atoms in total. The molecule has 1 atom stereocenters. The summed E-state index contributed by atoms with van der Waals surface area (Å²) in [5.74, 6) is -2.48. The highest BCUT2D eigenvalue weighted by Crippen LogP contribution is 2.44. The Morgan fingerprint density at radius 3 is 2.40 bits per heavy atom. The van der Waals surface area contributed by atoms with Crippen LogP contribution in [-0.4, -0.2) is 39.8 Å². The highest BCUT2D eigenvalue weighted by molar-refractivity contribution is 7.17. The molecule has 1 N–H and O–H groups in total. The molecule has 1 aliphatic rings. The van der Waals surface area contributed by atoms with Gasteiger partial charge >= 0.3 is 11.9 Å². The molecule has 0 saturated carbocycles. The molecule has 0 radical (unpaired) electrons. The average Bonchev–Trinajstić information content (AvgIpc) is 3.52. The lowest BCUT2D eigenvalue weighted by molar-refractivity contribution is -0.384. The minimum Gasteiger partial charge on any atom is -0.507 e. The summed E-state index contributed by atoms with van der Waals surface area (Å²) in [4.78, 5) is 55.5. The summed E-state index contributed by atoms with van der Waals surface area (Å²) in [6.07, 6.45) is 0. The molecule has 4 aromatic rings. The number of anilines is 1. The number of hydrogen-bond donors (Lipinski definition) is 1. The van der Waals surface area contributed by atoms with Crippen molar-refractivity contribution in [2.75, 3.05) is 12.0 Å². The van der Waals surface area contributed by atoms with E-state index in [9.17, 15) is 29.6 Å². The topological polar surface area (TPSA) is 149 Å². The van der Waals surface area contributed by atoms with Gasteiger partial charge in [0, 0.05) is 17.7 Å².